The van der Waals surface area contributed by atoms with Gasteiger partial charge in [0.05, 0.1) is 0 Å². The van der Waals surface area contributed by atoms with Crippen LogP contribution in [0.5, 0.6) is 0 Å². The lowest BCUT2D eigenvalue weighted by atomic mass is 10.3. The normalized spacial score (nSPS) is 13.1. The molecule has 0 bridgehead atoms. The van der Waals surface area contributed by atoms with Crippen LogP contribution < -0.4 is 0 Å². The van der Waals surface area contributed by atoms with E-state index in [-0.39, 0.29) is 11.5 Å². The molecule has 0 saturated carbocycles. The first-order valence-electron chi connectivity index (χ1n) is 2.68. The molecule has 1 atom stereocenters. The van der Waals surface area contributed by atoms with Crippen molar-refractivity contribution in [2.45, 2.75) is 19.8 Å². The Morgan fingerprint density at radius 2 is 2.22 bits per heavy atom. The van der Waals surface area contributed by atoms with E-state index in [4.69, 9.17) is 0 Å². The van der Waals surface area contributed by atoms with Crippen LogP contribution in [0.4, 0.5) is 0 Å². The Bertz CT molecular complexity index is 107. The number of Topliss-reactive ketones (excluding diaryl/α,β-unsaturated/α-hetero) is 1. The smallest absolute Gasteiger partial charge is 0.129 e. The number of carbonyl (C=O) groups is 1. The zero-order valence-electron chi connectivity index (χ0n) is 5.25. The molecular weight excluding hydrogens is 140 g/mol. The molecule has 0 saturated heterocycles. The zero-order valence-corrected chi connectivity index (χ0v) is 6.07. The van der Waals surface area contributed by atoms with Gasteiger partial charge in [0.1, 0.15) is 5.78 Å². The third-order valence-electron chi connectivity index (χ3n) is 0.840. The lowest BCUT2D eigenvalue weighted by Crippen LogP contribution is -1.98. The van der Waals surface area contributed by atoms with E-state index >= 15 is 0 Å². The molecule has 3 nitrogen and oxygen atoms in total. The minimum absolute atomic E-state index is 0.0421. The van der Waals surface area contributed by atoms with Gasteiger partial charge in [0.15, 0.2) is 0 Å². The fourth-order valence-corrected chi connectivity index (χ4v) is 0.819. The van der Waals surface area contributed by atoms with Gasteiger partial charge in [-0.3, -0.25) is 4.21 Å². The second kappa shape index (κ2) is 4.64. The number of carbonyl (C=O) groups excluding carboxylic acids is 1. The molecule has 0 aliphatic carbocycles. The van der Waals surface area contributed by atoms with Gasteiger partial charge in [-0.05, 0) is 13.3 Å². The Labute approximate surface area is 56.7 Å². The fraction of sp³-hybridized carbons (Fsp3) is 0.800. The van der Waals surface area contributed by atoms with Crippen LogP contribution in [0.25, 0.3) is 0 Å². The number of hydrogen-bond donors (Lipinski definition) is 0. The van der Waals surface area contributed by atoms with Gasteiger partial charge in [0.2, 0.25) is 0 Å². The highest BCUT2D eigenvalue weighted by atomic mass is 32.2. The number of rotatable bonds is 4. The Balaban J connectivity index is 3.10. The largest absolute Gasteiger partial charge is 0.772 e. The van der Waals surface area contributed by atoms with E-state index in [0.29, 0.717) is 12.8 Å². The van der Waals surface area contributed by atoms with Crippen LogP contribution in [0.2, 0.25) is 0 Å². The van der Waals surface area contributed by atoms with Crippen molar-refractivity contribution in [3.8, 4) is 0 Å². The molecule has 0 aromatic rings. The van der Waals surface area contributed by atoms with Gasteiger partial charge < -0.3 is 9.35 Å². The minimum Gasteiger partial charge on any atom is -0.772 e. The average molecular weight is 149 g/mol. The monoisotopic (exact) mass is 149 g/mol. The summed E-state index contributed by atoms with van der Waals surface area (Å²) in [7, 11) is 0. The quantitative estimate of drug-likeness (QED) is 0.538. The van der Waals surface area contributed by atoms with Crippen molar-refractivity contribution in [2.75, 3.05) is 5.75 Å². The maximum Gasteiger partial charge on any atom is 0.129 e. The topological polar surface area (TPSA) is 57.2 Å². The highest BCUT2D eigenvalue weighted by molar-refractivity contribution is 7.79. The zero-order chi connectivity index (χ0) is 7.28. The molecule has 0 heterocycles. The van der Waals surface area contributed by atoms with Crippen LogP contribution in [-0.4, -0.2) is 20.3 Å². The highest BCUT2D eigenvalue weighted by Gasteiger charge is 1.91. The van der Waals surface area contributed by atoms with E-state index in [1.54, 1.807) is 0 Å². The molecule has 0 rings (SSSR count). The van der Waals surface area contributed by atoms with Crippen LogP contribution in [0.3, 0.4) is 0 Å². The molecule has 54 valence electrons. The van der Waals surface area contributed by atoms with Crippen molar-refractivity contribution in [3.63, 3.8) is 0 Å². The maximum atomic E-state index is 10.2. The molecule has 0 spiro atoms. The summed E-state index contributed by atoms with van der Waals surface area (Å²) in [5.41, 5.74) is 0. The number of ketones is 1. The first-order chi connectivity index (χ1) is 4.13. The van der Waals surface area contributed by atoms with Gasteiger partial charge in [-0.2, -0.15) is 0 Å². The molecule has 0 aromatic carbocycles. The first kappa shape index (κ1) is 8.78. The van der Waals surface area contributed by atoms with Crippen molar-refractivity contribution in [1.29, 1.82) is 0 Å². The van der Waals surface area contributed by atoms with Gasteiger partial charge in [0, 0.05) is 12.2 Å². The van der Waals surface area contributed by atoms with E-state index in [1.807, 2.05) is 0 Å². The van der Waals surface area contributed by atoms with Gasteiger partial charge in [-0.25, -0.2) is 0 Å². The summed E-state index contributed by atoms with van der Waals surface area (Å²) in [6, 6.07) is 0. The summed E-state index contributed by atoms with van der Waals surface area (Å²) in [6.45, 7) is 1.45. The second-order valence-electron chi connectivity index (χ2n) is 1.81. The van der Waals surface area contributed by atoms with E-state index in [9.17, 15) is 13.6 Å². The molecule has 0 radical (unpaired) electrons. The molecule has 0 fully saturated rings. The molecule has 1 unspecified atom stereocenters. The van der Waals surface area contributed by atoms with E-state index in [0.717, 1.165) is 0 Å². The van der Waals surface area contributed by atoms with E-state index < -0.39 is 11.1 Å². The Morgan fingerprint density at radius 3 is 2.56 bits per heavy atom. The third kappa shape index (κ3) is 7.78. The van der Waals surface area contributed by atoms with Crippen molar-refractivity contribution >= 4 is 16.9 Å². The number of hydrogen-bond acceptors (Lipinski definition) is 3. The van der Waals surface area contributed by atoms with E-state index in [2.05, 4.69) is 0 Å². The fourth-order valence-electron chi connectivity index (χ4n) is 0.439. The highest BCUT2D eigenvalue weighted by Crippen LogP contribution is 1.90. The maximum absolute atomic E-state index is 10.2. The third-order valence-corrected chi connectivity index (χ3v) is 1.46. The Kier molecular flexibility index (Phi) is 4.53. The summed E-state index contributed by atoms with van der Waals surface area (Å²) in [5, 5.41) is 0. The molecule has 0 aliphatic rings. The van der Waals surface area contributed by atoms with Crippen molar-refractivity contribution < 1.29 is 13.6 Å². The summed E-state index contributed by atoms with van der Waals surface area (Å²) in [4.78, 5) is 10.2. The standard InChI is InChI=1S/C5H10O3S/c1-5(6)3-2-4-9(7)8/h2-4H2,1H3,(H,7,8)/p-1. The minimum atomic E-state index is -1.98. The van der Waals surface area contributed by atoms with Crippen LogP contribution >= 0.6 is 0 Å². The van der Waals surface area contributed by atoms with Crippen LogP contribution in [0.15, 0.2) is 0 Å². The predicted octanol–water partition coefficient (Wildman–Crippen LogP) is 0.235. The second-order valence-corrected chi connectivity index (χ2v) is 2.83. The lowest BCUT2D eigenvalue weighted by Gasteiger charge is -2.01. The van der Waals surface area contributed by atoms with Gasteiger partial charge in [-0.1, -0.05) is 11.1 Å². The van der Waals surface area contributed by atoms with Gasteiger partial charge >= 0.3 is 0 Å². The molecular formula is C5H9O3S-. The Morgan fingerprint density at radius 1 is 1.67 bits per heavy atom. The van der Waals surface area contributed by atoms with Crippen LogP contribution in [0.1, 0.15) is 19.8 Å². The molecule has 0 aromatic heterocycles. The van der Waals surface area contributed by atoms with Crippen LogP contribution in [-0.2, 0) is 15.9 Å². The van der Waals surface area contributed by atoms with Crippen molar-refractivity contribution in [2.24, 2.45) is 0 Å². The average Bonchev–Trinajstić information content (AvgIpc) is 1.63. The molecule has 9 heavy (non-hydrogen) atoms. The first-order valence-corrected chi connectivity index (χ1v) is 3.92. The van der Waals surface area contributed by atoms with Gasteiger partial charge in [0.25, 0.3) is 0 Å². The molecule has 4 heteroatoms. The van der Waals surface area contributed by atoms with Gasteiger partial charge in [-0.15, -0.1) is 0 Å². The molecule has 0 amide bonds. The summed E-state index contributed by atoms with van der Waals surface area (Å²) < 4.78 is 19.7. The van der Waals surface area contributed by atoms with Crippen molar-refractivity contribution in [1.82, 2.24) is 0 Å². The summed E-state index contributed by atoms with van der Waals surface area (Å²) in [5.74, 6) is 0.139. The summed E-state index contributed by atoms with van der Waals surface area (Å²) in [6.07, 6.45) is 0.819. The Hall–Kier alpha value is -0.220. The van der Waals surface area contributed by atoms with Crippen molar-refractivity contribution in [3.05, 3.63) is 0 Å². The molecule has 0 aliphatic heterocycles. The van der Waals surface area contributed by atoms with Crippen LogP contribution in [0, 0.1) is 0 Å². The van der Waals surface area contributed by atoms with E-state index in [1.165, 1.54) is 6.92 Å². The predicted molar refractivity (Wildman–Crippen MR) is 33.7 cm³/mol. The lowest BCUT2D eigenvalue weighted by molar-refractivity contribution is -0.117. The molecule has 0 N–H and O–H groups in total. The summed E-state index contributed by atoms with van der Waals surface area (Å²) >= 11 is -1.98. The SMILES string of the molecule is CC(=O)CCCS(=O)[O-].